The van der Waals surface area contributed by atoms with E-state index in [0.29, 0.717) is 5.69 Å². The highest BCUT2D eigenvalue weighted by molar-refractivity contribution is 7.84. The molecular formula is C13H19N3OS. The summed E-state index contributed by atoms with van der Waals surface area (Å²) in [6, 6.07) is 5.57. The normalized spacial score (nSPS) is 14.8. The Morgan fingerprint density at radius 1 is 1.56 bits per heavy atom. The predicted octanol–water partition coefficient (Wildman–Crippen LogP) is 2.46. The second kappa shape index (κ2) is 6.07. The largest absolute Gasteiger partial charge is 0.246 e. The SMILES string of the molecule is CCC(N[S@@](=O)C(C)(C)C)c1ccnc(C#N)c1. The van der Waals surface area contributed by atoms with Crippen LogP contribution in [-0.4, -0.2) is 13.9 Å². The van der Waals surface area contributed by atoms with Crippen molar-refractivity contribution in [3.63, 3.8) is 0 Å². The summed E-state index contributed by atoms with van der Waals surface area (Å²) in [6.07, 6.45) is 2.41. The number of rotatable bonds is 4. The van der Waals surface area contributed by atoms with Crippen LogP contribution in [0.3, 0.4) is 0 Å². The average Bonchev–Trinajstić information content (AvgIpc) is 2.34. The number of hydrogen-bond acceptors (Lipinski definition) is 3. The van der Waals surface area contributed by atoms with Crippen LogP contribution in [0.15, 0.2) is 18.3 Å². The molecule has 0 bridgehead atoms. The summed E-state index contributed by atoms with van der Waals surface area (Å²) in [5, 5.41) is 8.83. The summed E-state index contributed by atoms with van der Waals surface area (Å²) in [7, 11) is -1.13. The van der Waals surface area contributed by atoms with Crippen molar-refractivity contribution in [2.24, 2.45) is 0 Å². The lowest BCUT2D eigenvalue weighted by Gasteiger charge is -2.23. The number of nitriles is 1. The molecule has 18 heavy (non-hydrogen) atoms. The van der Waals surface area contributed by atoms with Gasteiger partial charge in [0.2, 0.25) is 0 Å². The van der Waals surface area contributed by atoms with Gasteiger partial charge in [0.1, 0.15) is 11.8 Å². The van der Waals surface area contributed by atoms with Gasteiger partial charge >= 0.3 is 0 Å². The van der Waals surface area contributed by atoms with Crippen LogP contribution < -0.4 is 4.72 Å². The minimum atomic E-state index is -1.13. The van der Waals surface area contributed by atoms with Gasteiger partial charge in [-0.1, -0.05) is 6.92 Å². The minimum absolute atomic E-state index is 0.0276. The summed E-state index contributed by atoms with van der Waals surface area (Å²) in [5.41, 5.74) is 1.33. The van der Waals surface area contributed by atoms with Crippen LogP contribution in [0.1, 0.15) is 51.4 Å². The maximum atomic E-state index is 12.1. The molecule has 5 heteroatoms. The summed E-state index contributed by atoms with van der Waals surface area (Å²) in [6.45, 7) is 7.80. The fraction of sp³-hybridized carbons (Fsp3) is 0.538. The van der Waals surface area contributed by atoms with Crippen LogP contribution >= 0.6 is 0 Å². The van der Waals surface area contributed by atoms with E-state index in [9.17, 15) is 4.21 Å². The standard InChI is InChI=1S/C13H19N3OS/c1-5-12(16-18(17)13(2,3)4)10-6-7-15-11(8-10)9-14/h6-8,12,16H,5H2,1-4H3/t12?,18-/m0/s1. The summed E-state index contributed by atoms with van der Waals surface area (Å²) in [5.74, 6) is 0. The fourth-order valence-electron chi connectivity index (χ4n) is 1.42. The highest BCUT2D eigenvalue weighted by atomic mass is 32.2. The molecule has 1 unspecified atom stereocenters. The molecule has 98 valence electrons. The zero-order valence-electron chi connectivity index (χ0n) is 11.2. The Kier molecular flexibility index (Phi) is 5.00. The lowest BCUT2D eigenvalue weighted by Crippen LogP contribution is -2.35. The van der Waals surface area contributed by atoms with Gasteiger partial charge < -0.3 is 0 Å². The van der Waals surface area contributed by atoms with Gasteiger partial charge in [-0.3, -0.25) is 0 Å². The molecule has 0 fully saturated rings. The lowest BCUT2D eigenvalue weighted by atomic mass is 10.1. The third-order valence-electron chi connectivity index (χ3n) is 2.51. The molecule has 0 spiro atoms. The van der Waals surface area contributed by atoms with Gasteiger partial charge in [0.15, 0.2) is 0 Å². The second-order valence-electron chi connectivity index (χ2n) is 5.05. The Bertz CT molecular complexity index is 474. The topological polar surface area (TPSA) is 65.8 Å². The first-order valence-corrected chi connectivity index (χ1v) is 7.07. The molecule has 0 aliphatic carbocycles. The molecule has 0 aromatic carbocycles. The number of hydrogen-bond donors (Lipinski definition) is 1. The number of nitrogens with zero attached hydrogens (tertiary/aromatic N) is 2. The zero-order chi connectivity index (χ0) is 13.8. The van der Waals surface area contributed by atoms with Gasteiger partial charge in [0, 0.05) is 12.2 Å². The third kappa shape index (κ3) is 3.90. The van der Waals surface area contributed by atoms with Crippen molar-refractivity contribution in [2.75, 3.05) is 0 Å². The van der Waals surface area contributed by atoms with Crippen molar-refractivity contribution < 1.29 is 4.21 Å². The molecule has 1 heterocycles. The number of nitrogens with one attached hydrogen (secondary N) is 1. The van der Waals surface area contributed by atoms with Crippen LogP contribution in [0.2, 0.25) is 0 Å². The van der Waals surface area contributed by atoms with Gasteiger partial charge in [-0.05, 0) is 44.9 Å². The van der Waals surface area contributed by atoms with Gasteiger partial charge in [-0.25, -0.2) is 13.9 Å². The van der Waals surface area contributed by atoms with Crippen molar-refractivity contribution in [3.8, 4) is 6.07 Å². The molecule has 0 aliphatic heterocycles. The maximum absolute atomic E-state index is 12.1. The third-order valence-corrected chi connectivity index (χ3v) is 4.13. The van der Waals surface area contributed by atoms with Crippen LogP contribution in [-0.2, 0) is 11.0 Å². The molecule has 1 rings (SSSR count). The van der Waals surface area contributed by atoms with E-state index < -0.39 is 11.0 Å². The van der Waals surface area contributed by atoms with Gasteiger partial charge in [0.25, 0.3) is 0 Å². The predicted molar refractivity (Wildman–Crippen MR) is 73.0 cm³/mol. The summed E-state index contributed by atoms with van der Waals surface area (Å²) >= 11 is 0. The van der Waals surface area contributed by atoms with Crippen LogP contribution in [0.5, 0.6) is 0 Å². The first-order chi connectivity index (χ1) is 8.38. The van der Waals surface area contributed by atoms with Gasteiger partial charge in [-0.15, -0.1) is 0 Å². The Morgan fingerprint density at radius 2 is 2.22 bits per heavy atom. The molecule has 0 radical (unpaired) electrons. The Balaban J connectivity index is 2.90. The first kappa shape index (κ1) is 14.8. The Hall–Kier alpha value is -1.25. The van der Waals surface area contributed by atoms with Crippen molar-refractivity contribution in [3.05, 3.63) is 29.6 Å². The highest BCUT2D eigenvalue weighted by Gasteiger charge is 2.22. The van der Waals surface area contributed by atoms with Crippen LogP contribution in [0, 0.1) is 11.3 Å². The second-order valence-corrected chi connectivity index (χ2v) is 7.04. The number of aromatic nitrogens is 1. The molecule has 2 atom stereocenters. The van der Waals surface area contributed by atoms with Gasteiger partial charge in [-0.2, -0.15) is 5.26 Å². The van der Waals surface area contributed by atoms with Crippen LogP contribution in [0.4, 0.5) is 0 Å². The molecule has 1 aromatic heterocycles. The fourth-order valence-corrected chi connectivity index (χ4v) is 2.33. The number of pyridine rings is 1. The van der Waals surface area contributed by atoms with E-state index in [4.69, 9.17) is 5.26 Å². The zero-order valence-corrected chi connectivity index (χ0v) is 12.0. The van der Waals surface area contributed by atoms with E-state index in [1.54, 1.807) is 12.3 Å². The minimum Gasteiger partial charge on any atom is -0.246 e. The maximum Gasteiger partial charge on any atom is 0.140 e. The van der Waals surface area contributed by atoms with E-state index in [-0.39, 0.29) is 10.8 Å². The van der Waals surface area contributed by atoms with Crippen molar-refractivity contribution in [1.82, 2.24) is 9.71 Å². The summed E-state index contributed by atoms with van der Waals surface area (Å²) in [4.78, 5) is 3.94. The van der Waals surface area contributed by atoms with E-state index in [0.717, 1.165) is 12.0 Å². The molecule has 0 aliphatic rings. The van der Waals surface area contributed by atoms with Crippen molar-refractivity contribution in [1.29, 1.82) is 5.26 Å². The van der Waals surface area contributed by atoms with Gasteiger partial charge in [0.05, 0.1) is 15.7 Å². The van der Waals surface area contributed by atoms with E-state index >= 15 is 0 Å². The van der Waals surface area contributed by atoms with Crippen molar-refractivity contribution >= 4 is 11.0 Å². The first-order valence-electron chi connectivity index (χ1n) is 5.92. The van der Waals surface area contributed by atoms with E-state index in [1.165, 1.54) is 0 Å². The Morgan fingerprint density at radius 3 is 2.72 bits per heavy atom. The average molecular weight is 265 g/mol. The molecule has 1 aromatic rings. The highest BCUT2D eigenvalue weighted by Crippen LogP contribution is 2.20. The quantitative estimate of drug-likeness (QED) is 0.909. The molecule has 4 nitrogen and oxygen atoms in total. The molecule has 1 N–H and O–H groups in total. The van der Waals surface area contributed by atoms with Crippen molar-refractivity contribution in [2.45, 2.75) is 44.9 Å². The molecule has 0 saturated heterocycles. The Labute approximate surface area is 111 Å². The lowest BCUT2D eigenvalue weighted by molar-refractivity contribution is 0.588. The van der Waals surface area contributed by atoms with E-state index in [2.05, 4.69) is 9.71 Å². The molecule has 0 amide bonds. The van der Waals surface area contributed by atoms with E-state index in [1.807, 2.05) is 39.8 Å². The molecule has 0 saturated carbocycles. The summed E-state index contributed by atoms with van der Waals surface area (Å²) < 4.78 is 14.9. The van der Waals surface area contributed by atoms with Crippen LogP contribution in [0.25, 0.3) is 0 Å². The monoisotopic (exact) mass is 265 g/mol. The molecular weight excluding hydrogens is 246 g/mol. The smallest absolute Gasteiger partial charge is 0.140 e.